The fourth-order valence-corrected chi connectivity index (χ4v) is 5.16. The van der Waals surface area contributed by atoms with Crippen molar-refractivity contribution in [2.24, 2.45) is 4.40 Å². The molecule has 0 radical (unpaired) electrons. The number of aromatic nitrogens is 1. The average Bonchev–Trinajstić information content (AvgIpc) is 3.05. The lowest BCUT2D eigenvalue weighted by atomic mass is 10.3. The van der Waals surface area contributed by atoms with E-state index >= 15 is 0 Å². The highest BCUT2D eigenvalue weighted by molar-refractivity contribution is 7.90. The molecule has 2 aromatic carbocycles. The Hall–Kier alpha value is -2.43. The number of sulfonamides is 1. The van der Waals surface area contributed by atoms with E-state index in [1.165, 1.54) is 37.7 Å². The molecule has 29 heavy (non-hydrogen) atoms. The van der Waals surface area contributed by atoms with Gasteiger partial charge in [-0.25, -0.2) is 4.39 Å². The van der Waals surface area contributed by atoms with Crippen molar-refractivity contribution in [1.82, 2.24) is 4.57 Å². The number of hydrogen-bond donors (Lipinski definition) is 0. The zero-order valence-corrected chi connectivity index (χ0v) is 17.8. The van der Waals surface area contributed by atoms with E-state index in [1.54, 1.807) is 16.7 Å². The SMILES string of the molecule is CCOCCn1/c(=N/S(=O)(=O)c2ccc(F)cc2)sc2c(OC)ccc(OC)c21. The monoisotopic (exact) mass is 440 g/mol. The van der Waals surface area contributed by atoms with E-state index in [2.05, 4.69) is 4.40 Å². The minimum absolute atomic E-state index is 0.0911. The third kappa shape index (κ3) is 4.44. The maximum Gasteiger partial charge on any atom is 0.285 e. The van der Waals surface area contributed by atoms with Crippen molar-refractivity contribution in [1.29, 1.82) is 0 Å². The third-order valence-corrected chi connectivity index (χ3v) is 6.66. The largest absolute Gasteiger partial charge is 0.495 e. The molecule has 0 aliphatic heterocycles. The lowest BCUT2D eigenvalue weighted by molar-refractivity contribution is 0.139. The highest BCUT2D eigenvalue weighted by Gasteiger charge is 2.19. The molecule has 3 rings (SSSR count). The van der Waals surface area contributed by atoms with Crippen LogP contribution in [0.3, 0.4) is 0 Å². The quantitative estimate of drug-likeness (QED) is 0.503. The summed E-state index contributed by atoms with van der Waals surface area (Å²) in [5.74, 6) is 0.623. The number of rotatable bonds is 8. The molecule has 0 atom stereocenters. The predicted octanol–water partition coefficient (Wildman–Crippen LogP) is 3.19. The van der Waals surface area contributed by atoms with Crippen LogP contribution in [0.25, 0.3) is 10.2 Å². The molecule has 10 heteroatoms. The minimum Gasteiger partial charge on any atom is -0.495 e. The van der Waals surface area contributed by atoms with Crippen molar-refractivity contribution < 1.29 is 27.0 Å². The zero-order valence-electron chi connectivity index (χ0n) is 16.2. The van der Waals surface area contributed by atoms with Gasteiger partial charge in [-0.2, -0.15) is 8.42 Å². The van der Waals surface area contributed by atoms with E-state index in [-0.39, 0.29) is 9.70 Å². The maximum atomic E-state index is 13.2. The van der Waals surface area contributed by atoms with Gasteiger partial charge >= 0.3 is 0 Å². The first-order valence-corrected chi connectivity index (χ1v) is 11.1. The van der Waals surface area contributed by atoms with Gasteiger partial charge in [0, 0.05) is 13.2 Å². The topological polar surface area (TPSA) is 79.1 Å². The van der Waals surface area contributed by atoms with Crippen LogP contribution in [-0.4, -0.2) is 40.4 Å². The third-order valence-electron chi connectivity index (χ3n) is 4.17. The Morgan fingerprint density at radius 2 is 1.72 bits per heavy atom. The van der Waals surface area contributed by atoms with E-state index in [0.717, 1.165) is 12.1 Å². The number of hydrogen-bond acceptors (Lipinski definition) is 6. The Bertz CT molecular complexity index is 1170. The molecule has 0 saturated heterocycles. The molecule has 1 aromatic heterocycles. The molecule has 0 fully saturated rings. The predicted molar refractivity (Wildman–Crippen MR) is 109 cm³/mol. The van der Waals surface area contributed by atoms with Gasteiger partial charge < -0.3 is 18.8 Å². The van der Waals surface area contributed by atoms with E-state index < -0.39 is 15.8 Å². The van der Waals surface area contributed by atoms with Crippen molar-refractivity contribution in [2.75, 3.05) is 27.4 Å². The van der Waals surface area contributed by atoms with Crippen LogP contribution in [0, 0.1) is 5.82 Å². The Morgan fingerprint density at radius 3 is 2.34 bits per heavy atom. The summed E-state index contributed by atoms with van der Waals surface area (Å²) >= 11 is 1.17. The average molecular weight is 441 g/mol. The molecule has 0 spiro atoms. The normalized spacial score (nSPS) is 12.5. The van der Waals surface area contributed by atoms with Crippen molar-refractivity contribution in [3.8, 4) is 11.5 Å². The van der Waals surface area contributed by atoms with E-state index in [4.69, 9.17) is 14.2 Å². The number of methoxy groups -OCH3 is 2. The first-order valence-electron chi connectivity index (χ1n) is 8.80. The smallest absolute Gasteiger partial charge is 0.285 e. The van der Waals surface area contributed by atoms with Crippen LogP contribution in [0.2, 0.25) is 0 Å². The second kappa shape index (κ2) is 8.93. The van der Waals surface area contributed by atoms with Crippen LogP contribution in [0.1, 0.15) is 6.92 Å². The van der Waals surface area contributed by atoms with Crippen molar-refractivity contribution in [2.45, 2.75) is 18.4 Å². The van der Waals surface area contributed by atoms with Gasteiger partial charge in [-0.1, -0.05) is 11.3 Å². The molecule has 0 N–H and O–H groups in total. The van der Waals surface area contributed by atoms with Crippen molar-refractivity contribution >= 4 is 31.6 Å². The van der Waals surface area contributed by atoms with Crippen LogP contribution in [-0.2, 0) is 21.3 Å². The molecule has 156 valence electrons. The summed E-state index contributed by atoms with van der Waals surface area (Å²) in [4.78, 5) is 0.151. The molecule has 0 amide bonds. The highest BCUT2D eigenvalue weighted by Crippen LogP contribution is 2.35. The summed E-state index contributed by atoms with van der Waals surface area (Å²) < 4.78 is 61.6. The second-order valence-electron chi connectivity index (χ2n) is 5.90. The molecule has 1 heterocycles. The van der Waals surface area contributed by atoms with Gasteiger partial charge in [0.1, 0.15) is 27.5 Å². The summed E-state index contributed by atoms with van der Waals surface area (Å²) in [5, 5.41) is 0. The molecule has 0 saturated carbocycles. The molecule has 3 aromatic rings. The molecule has 0 bridgehead atoms. The molecule has 0 unspecified atom stereocenters. The Morgan fingerprint density at radius 1 is 1.07 bits per heavy atom. The van der Waals surface area contributed by atoms with Gasteiger partial charge in [-0.3, -0.25) is 0 Å². The Kier molecular flexibility index (Phi) is 6.56. The van der Waals surface area contributed by atoms with E-state index in [9.17, 15) is 12.8 Å². The molecular formula is C19H21FN2O5S2. The van der Waals surface area contributed by atoms with E-state index in [1.807, 2.05) is 6.92 Å². The van der Waals surface area contributed by atoms with Crippen LogP contribution in [0.4, 0.5) is 4.39 Å². The number of benzene rings is 2. The van der Waals surface area contributed by atoms with Crippen LogP contribution in [0.15, 0.2) is 45.7 Å². The first-order chi connectivity index (χ1) is 13.9. The van der Waals surface area contributed by atoms with E-state index in [0.29, 0.717) is 41.5 Å². The molecule has 0 aliphatic carbocycles. The van der Waals surface area contributed by atoms with Crippen LogP contribution in [0.5, 0.6) is 11.5 Å². The zero-order chi connectivity index (χ0) is 21.0. The number of fused-ring (bicyclic) bond motifs is 1. The lowest BCUT2D eigenvalue weighted by Gasteiger charge is -2.10. The summed E-state index contributed by atoms with van der Waals surface area (Å²) in [6, 6.07) is 8.05. The number of ether oxygens (including phenoxy) is 3. The number of nitrogens with zero attached hydrogens (tertiary/aromatic N) is 2. The van der Waals surface area contributed by atoms with Crippen LogP contribution < -0.4 is 14.3 Å². The lowest BCUT2D eigenvalue weighted by Crippen LogP contribution is -2.20. The standard InChI is InChI=1S/C19H21FN2O5S2/c1-4-27-12-11-22-17-15(25-2)9-10-16(26-3)18(17)28-19(22)21-29(23,24)14-7-5-13(20)6-8-14/h5-10H,4,11-12H2,1-3H3/b21-19-. The minimum atomic E-state index is -4.04. The number of thiazole rings is 1. The first kappa shape index (κ1) is 21.3. The summed E-state index contributed by atoms with van der Waals surface area (Å²) in [6.07, 6.45) is 0. The highest BCUT2D eigenvalue weighted by atomic mass is 32.2. The van der Waals surface area contributed by atoms with Gasteiger partial charge in [0.25, 0.3) is 10.0 Å². The van der Waals surface area contributed by atoms with Crippen molar-refractivity contribution in [3.05, 3.63) is 47.0 Å². The Balaban J connectivity index is 2.26. The maximum absolute atomic E-state index is 13.2. The second-order valence-corrected chi connectivity index (χ2v) is 8.48. The fourth-order valence-electron chi connectivity index (χ4n) is 2.79. The Labute approximate surface area is 172 Å². The summed E-state index contributed by atoms with van der Waals surface area (Å²) in [5.41, 5.74) is 0.671. The van der Waals surface area contributed by atoms with Crippen LogP contribution >= 0.6 is 11.3 Å². The van der Waals surface area contributed by atoms with Crippen molar-refractivity contribution in [3.63, 3.8) is 0 Å². The fraction of sp³-hybridized carbons (Fsp3) is 0.316. The van der Waals surface area contributed by atoms with Gasteiger partial charge in [-0.15, -0.1) is 4.40 Å². The van der Waals surface area contributed by atoms with Gasteiger partial charge in [0.15, 0.2) is 0 Å². The van der Waals surface area contributed by atoms with Gasteiger partial charge in [-0.05, 0) is 43.3 Å². The molecule has 7 nitrogen and oxygen atoms in total. The summed E-state index contributed by atoms with van der Waals surface area (Å²) in [6.45, 7) is 3.15. The molecular weight excluding hydrogens is 419 g/mol. The number of halogens is 1. The van der Waals surface area contributed by atoms with Gasteiger partial charge in [0.05, 0.1) is 25.7 Å². The molecule has 0 aliphatic rings. The van der Waals surface area contributed by atoms with Gasteiger partial charge in [0.2, 0.25) is 4.80 Å². The summed E-state index contributed by atoms with van der Waals surface area (Å²) in [7, 11) is -0.966.